The van der Waals surface area contributed by atoms with Crippen LogP contribution in [-0.2, 0) is 9.53 Å². The second-order valence-corrected chi connectivity index (χ2v) is 4.45. The van der Waals surface area contributed by atoms with Crippen molar-refractivity contribution >= 4 is 5.97 Å². The third-order valence-electron chi connectivity index (χ3n) is 1.86. The minimum absolute atomic E-state index is 0.186. The zero-order valence-electron chi connectivity index (χ0n) is 9.64. The van der Waals surface area contributed by atoms with E-state index in [1.54, 1.807) is 0 Å². The first kappa shape index (κ1) is 13.4. The fraction of sp³-hybridized carbons (Fsp3) is 0.909. The number of nitrogens with two attached hydrogens (primary N) is 1. The lowest BCUT2D eigenvalue weighted by molar-refractivity contribution is -0.144. The van der Waals surface area contributed by atoms with E-state index in [1.807, 2.05) is 13.8 Å². The molecule has 0 atom stereocenters. The van der Waals surface area contributed by atoms with Gasteiger partial charge in [-0.3, -0.25) is 4.79 Å². The predicted molar refractivity (Wildman–Crippen MR) is 58.0 cm³/mol. The van der Waals surface area contributed by atoms with E-state index in [0.29, 0.717) is 13.0 Å². The van der Waals surface area contributed by atoms with Crippen LogP contribution in [0.5, 0.6) is 0 Å². The van der Waals surface area contributed by atoms with E-state index >= 15 is 0 Å². The molecule has 0 spiro atoms. The molecule has 3 heteroatoms. The molecule has 2 N–H and O–H groups in total. The van der Waals surface area contributed by atoms with Crippen molar-refractivity contribution in [1.29, 1.82) is 0 Å². The first-order valence-corrected chi connectivity index (χ1v) is 5.40. The molecule has 0 saturated heterocycles. The Labute approximate surface area is 87.0 Å². The lowest BCUT2D eigenvalue weighted by Gasteiger charge is -2.16. The SMILES string of the molecule is CCCCCCOC(=O)CC(C)(C)N. The minimum atomic E-state index is -0.458. The zero-order chi connectivity index (χ0) is 11.0. The molecule has 84 valence electrons. The summed E-state index contributed by atoms with van der Waals surface area (Å²) in [5.41, 5.74) is 5.23. The smallest absolute Gasteiger partial charge is 0.307 e. The molecule has 0 aliphatic heterocycles. The monoisotopic (exact) mass is 201 g/mol. The van der Waals surface area contributed by atoms with Gasteiger partial charge in [-0.25, -0.2) is 0 Å². The fourth-order valence-corrected chi connectivity index (χ4v) is 1.14. The van der Waals surface area contributed by atoms with E-state index in [0.717, 1.165) is 12.8 Å². The molecule has 3 nitrogen and oxygen atoms in total. The van der Waals surface area contributed by atoms with Gasteiger partial charge >= 0.3 is 5.97 Å². The van der Waals surface area contributed by atoms with Crippen LogP contribution in [0.4, 0.5) is 0 Å². The van der Waals surface area contributed by atoms with Gasteiger partial charge in [-0.05, 0) is 20.3 Å². The zero-order valence-corrected chi connectivity index (χ0v) is 9.64. The molecule has 0 fully saturated rings. The van der Waals surface area contributed by atoms with E-state index < -0.39 is 5.54 Å². The Kier molecular flexibility index (Phi) is 6.54. The van der Waals surface area contributed by atoms with Gasteiger partial charge in [0.1, 0.15) is 0 Å². The summed E-state index contributed by atoms with van der Waals surface area (Å²) in [6, 6.07) is 0. The van der Waals surface area contributed by atoms with Crippen LogP contribution in [0, 0.1) is 0 Å². The van der Waals surface area contributed by atoms with Gasteiger partial charge in [0, 0.05) is 5.54 Å². The van der Waals surface area contributed by atoms with Crippen LogP contribution >= 0.6 is 0 Å². The molecular weight excluding hydrogens is 178 g/mol. The van der Waals surface area contributed by atoms with Crippen LogP contribution in [-0.4, -0.2) is 18.1 Å². The Bertz CT molecular complexity index is 161. The fourth-order valence-electron chi connectivity index (χ4n) is 1.14. The average molecular weight is 201 g/mol. The highest BCUT2D eigenvalue weighted by Gasteiger charge is 2.16. The van der Waals surface area contributed by atoms with E-state index in [2.05, 4.69) is 6.92 Å². The van der Waals surface area contributed by atoms with Gasteiger partial charge in [0.15, 0.2) is 0 Å². The van der Waals surface area contributed by atoms with E-state index in [9.17, 15) is 4.79 Å². The highest BCUT2D eigenvalue weighted by atomic mass is 16.5. The number of carbonyl (C=O) groups excluding carboxylic acids is 1. The molecule has 14 heavy (non-hydrogen) atoms. The lowest BCUT2D eigenvalue weighted by Crippen LogP contribution is -2.35. The van der Waals surface area contributed by atoms with E-state index in [-0.39, 0.29) is 5.97 Å². The number of hydrogen-bond donors (Lipinski definition) is 1. The molecule has 0 aliphatic rings. The second-order valence-electron chi connectivity index (χ2n) is 4.45. The molecule has 0 bridgehead atoms. The maximum atomic E-state index is 11.2. The number of esters is 1. The number of carbonyl (C=O) groups is 1. The normalized spacial score (nSPS) is 11.4. The Morgan fingerprint density at radius 2 is 1.93 bits per heavy atom. The summed E-state index contributed by atoms with van der Waals surface area (Å²) < 4.78 is 5.05. The Hall–Kier alpha value is -0.570. The lowest BCUT2D eigenvalue weighted by atomic mass is 10.0. The predicted octanol–water partition coefficient (Wildman–Crippen LogP) is 2.24. The number of ether oxygens (including phenoxy) is 1. The van der Waals surface area contributed by atoms with Crippen LogP contribution in [0.3, 0.4) is 0 Å². The van der Waals surface area contributed by atoms with Crippen molar-refractivity contribution in [3.63, 3.8) is 0 Å². The summed E-state index contributed by atoms with van der Waals surface area (Å²) in [4.78, 5) is 11.2. The first-order valence-electron chi connectivity index (χ1n) is 5.40. The average Bonchev–Trinajstić information content (AvgIpc) is 2.00. The number of unbranched alkanes of at least 4 members (excludes halogenated alkanes) is 3. The van der Waals surface area contributed by atoms with Crippen LogP contribution < -0.4 is 5.73 Å². The van der Waals surface area contributed by atoms with Crippen LogP contribution in [0.25, 0.3) is 0 Å². The summed E-state index contributed by atoms with van der Waals surface area (Å²) in [6.45, 7) is 6.34. The number of rotatable bonds is 7. The molecule has 0 rings (SSSR count). The second kappa shape index (κ2) is 6.82. The molecular formula is C11H23NO2. The maximum absolute atomic E-state index is 11.2. The Morgan fingerprint density at radius 1 is 1.29 bits per heavy atom. The van der Waals surface area contributed by atoms with Crippen molar-refractivity contribution < 1.29 is 9.53 Å². The van der Waals surface area contributed by atoms with Gasteiger partial charge in [0.2, 0.25) is 0 Å². The van der Waals surface area contributed by atoms with Gasteiger partial charge < -0.3 is 10.5 Å². The highest BCUT2D eigenvalue weighted by molar-refractivity contribution is 5.70. The summed E-state index contributed by atoms with van der Waals surface area (Å²) >= 11 is 0. The van der Waals surface area contributed by atoms with Crippen LogP contribution in [0.2, 0.25) is 0 Å². The standard InChI is InChI=1S/C11H23NO2/c1-4-5-6-7-8-14-10(13)9-11(2,3)12/h4-9,12H2,1-3H3. The quantitative estimate of drug-likeness (QED) is 0.507. The van der Waals surface area contributed by atoms with Crippen molar-refractivity contribution in [3.05, 3.63) is 0 Å². The van der Waals surface area contributed by atoms with Crippen molar-refractivity contribution in [3.8, 4) is 0 Å². The summed E-state index contributed by atoms with van der Waals surface area (Å²) in [5, 5.41) is 0. The summed E-state index contributed by atoms with van der Waals surface area (Å²) in [5.74, 6) is -0.186. The van der Waals surface area contributed by atoms with Gasteiger partial charge in [0.25, 0.3) is 0 Å². The topological polar surface area (TPSA) is 52.3 Å². The molecule has 0 aromatic heterocycles. The van der Waals surface area contributed by atoms with Gasteiger partial charge in [-0.1, -0.05) is 26.2 Å². The van der Waals surface area contributed by atoms with Gasteiger partial charge in [-0.2, -0.15) is 0 Å². The van der Waals surface area contributed by atoms with Gasteiger partial charge in [-0.15, -0.1) is 0 Å². The molecule has 0 aromatic carbocycles. The highest BCUT2D eigenvalue weighted by Crippen LogP contribution is 2.06. The third-order valence-corrected chi connectivity index (χ3v) is 1.86. The molecule has 0 unspecified atom stereocenters. The molecule has 0 heterocycles. The summed E-state index contributed by atoms with van der Waals surface area (Å²) in [6.07, 6.45) is 4.80. The van der Waals surface area contributed by atoms with Crippen LogP contribution in [0.15, 0.2) is 0 Å². The first-order chi connectivity index (χ1) is 6.45. The van der Waals surface area contributed by atoms with Crippen molar-refractivity contribution in [2.75, 3.05) is 6.61 Å². The summed E-state index contributed by atoms with van der Waals surface area (Å²) in [7, 11) is 0. The Morgan fingerprint density at radius 3 is 2.43 bits per heavy atom. The molecule has 0 aliphatic carbocycles. The van der Waals surface area contributed by atoms with Crippen molar-refractivity contribution in [2.45, 2.75) is 58.4 Å². The molecule has 0 saturated carbocycles. The van der Waals surface area contributed by atoms with Crippen LogP contribution in [0.1, 0.15) is 52.9 Å². The van der Waals surface area contributed by atoms with Gasteiger partial charge in [0.05, 0.1) is 13.0 Å². The van der Waals surface area contributed by atoms with E-state index in [4.69, 9.17) is 10.5 Å². The van der Waals surface area contributed by atoms with Crippen molar-refractivity contribution in [1.82, 2.24) is 0 Å². The van der Waals surface area contributed by atoms with Crippen molar-refractivity contribution in [2.24, 2.45) is 5.73 Å². The Balaban J connectivity index is 3.36. The molecule has 0 radical (unpaired) electrons. The molecule has 0 amide bonds. The largest absolute Gasteiger partial charge is 0.466 e. The number of hydrogen-bond acceptors (Lipinski definition) is 3. The minimum Gasteiger partial charge on any atom is -0.466 e. The van der Waals surface area contributed by atoms with E-state index in [1.165, 1.54) is 12.8 Å². The molecule has 0 aromatic rings. The third kappa shape index (κ3) is 9.52. The maximum Gasteiger partial charge on any atom is 0.307 e.